The Hall–Kier alpha value is -2.98. The summed E-state index contributed by atoms with van der Waals surface area (Å²) in [4.78, 5) is 60.4. The number of hydrogen-bond acceptors (Lipinski definition) is 6. The molecule has 4 unspecified atom stereocenters. The van der Waals surface area contributed by atoms with Crippen LogP contribution in [-0.2, 0) is 25.6 Å². The highest BCUT2D eigenvalue weighted by Crippen LogP contribution is 2.37. The summed E-state index contributed by atoms with van der Waals surface area (Å²) in [6.45, 7) is 2.98. The van der Waals surface area contributed by atoms with Gasteiger partial charge in [-0.2, -0.15) is 0 Å². The first-order chi connectivity index (χ1) is 19.4. The molecule has 4 fully saturated rings. The molecule has 10 nitrogen and oxygen atoms in total. The molecule has 3 heterocycles. The minimum Gasteiger partial charge on any atom is -0.379 e. The SMILES string of the molecule is COC1CC2C(=O)N(Cc3ccc(C(=O)N4CCCC4)cc3)C(=O)N(CC(=O)N3CCCCCC3)C2CC1OC. The van der Waals surface area contributed by atoms with Crippen molar-refractivity contribution >= 4 is 23.8 Å². The highest BCUT2D eigenvalue weighted by molar-refractivity contribution is 6.00. The van der Waals surface area contributed by atoms with Gasteiger partial charge in [0.2, 0.25) is 11.8 Å². The molecule has 4 atom stereocenters. The van der Waals surface area contributed by atoms with Crippen LogP contribution in [0.4, 0.5) is 4.79 Å². The Kier molecular flexibility index (Phi) is 9.05. The minimum atomic E-state index is -0.484. The predicted octanol–water partition coefficient (Wildman–Crippen LogP) is 2.90. The lowest BCUT2D eigenvalue weighted by atomic mass is 9.78. The monoisotopic (exact) mass is 554 g/mol. The number of fused-ring (bicyclic) bond motifs is 1. The van der Waals surface area contributed by atoms with E-state index in [0.717, 1.165) is 57.2 Å². The Morgan fingerprint density at radius 3 is 2.00 bits per heavy atom. The van der Waals surface area contributed by atoms with E-state index < -0.39 is 18.0 Å². The van der Waals surface area contributed by atoms with E-state index in [-0.39, 0.29) is 43.0 Å². The lowest BCUT2D eigenvalue weighted by molar-refractivity contribution is -0.154. The van der Waals surface area contributed by atoms with E-state index in [1.54, 1.807) is 31.3 Å². The van der Waals surface area contributed by atoms with E-state index >= 15 is 0 Å². The van der Waals surface area contributed by atoms with Crippen LogP contribution in [-0.4, -0.2) is 109 Å². The fraction of sp³-hybridized carbons (Fsp3) is 0.667. The minimum absolute atomic E-state index is 0.00993. The Balaban J connectivity index is 1.36. The smallest absolute Gasteiger partial charge is 0.327 e. The van der Waals surface area contributed by atoms with Crippen molar-refractivity contribution in [1.82, 2.24) is 19.6 Å². The van der Waals surface area contributed by atoms with Gasteiger partial charge in [0.15, 0.2) is 0 Å². The summed E-state index contributed by atoms with van der Waals surface area (Å²) in [6, 6.07) is 6.28. The summed E-state index contributed by atoms with van der Waals surface area (Å²) in [6.07, 6.45) is 6.51. The van der Waals surface area contributed by atoms with E-state index in [0.29, 0.717) is 31.5 Å². The molecule has 0 spiro atoms. The van der Waals surface area contributed by atoms with E-state index in [2.05, 4.69) is 0 Å². The summed E-state index contributed by atoms with van der Waals surface area (Å²) >= 11 is 0. The van der Waals surface area contributed by atoms with Crippen molar-refractivity contribution in [3.8, 4) is 0 Å². The molecule has 1 saturated carbocycles. The number of hydrogen-bond donors (Lipinski definition) is 0. The van der Waals surface area contributed by atoms with Crippen LogP contribution >= 0.6 is 0 Å². The maximum Gasteiger partial charge on any atom is 0.327 e. The van der Waals surface area contributed by atoms with Gasteiger partial charge >= 0.3 is 6.03 Å². The topological polar surface area (TPSA) is 99.7 Å². The third kappa shape index (κ3) is 5.88. The normalized spacial score (nSPS) is 27.6. The van der Waals surface area contributed by atoms with Gasteiger partial charge in [-0.3, -0.25) is 19.3 Å². The van der Waals surface area contributed by atoms with Crippen LogP contribution in [0.2, 0.25) is 0 Å². The number of urea groups is 1. The van der Waals surface area contributed by atoms with Crippen molar-refractivity contribution in [3.05, 3.63) is 35.4 Å². The average Bonchev–Trinajstić information content (AvgIpc) is 3.38. The zero-order valence-corrected chi connectivity index (χ0v) is 23.8. The van der Waals surface area contributed by atoms with E-state index in [1.807, 2.05) is 21.9 Å². The molecule has 3 saturated heterocycles. The van der Waals surface area contributed by atoms with Crippen molar-refractivity contribution in [2.75, 3.05) is 46.9 Å². The number of methoxy groups -OCH3 is 2. The van der Waals surface area contributed by atoms with Gasteiger partial charge in [-0.05, 0) is 56.2 Å². The van der Waals surface area contributed by atoms with Gasteiger partial charge in [-0.25, -0.2) is 4.79 Å². The average molecular weight is 555 g/mol. The van der Waals surface area contributed by atoms with Crippen LogP contribution in [0.15, 0.2) is 24.3 Å². The number of likely N-dealkylation sites (tertiary alicyclic amines) is 2. The van der Waals surface area contributed by atoms with Crippen LogP contribution in [0, 0.1) is 5.92 Å². The van der Waals surface area contributed by atoms with Crippen molar-refractivity contribution in [3.63, 3.8) is 0 Å². The van der Waals surface area contributed by atoms with Gasteiger partial charge in [0.25, 0.3) is 5.91 Å². The Morgan fingerprint density at radius 1 is 0.800 bits per heavy atom. The Bertz CT molecular complexity index is 1080. The van der Waals surface area contributed by atoms with E-state index in [4.69, 9.17) is 9.47 Å². The van der Waals surface area contributed by atoms with E-state index in [1.165, 1.54) is 4.90 Å². The molecule has 4 aliphatic rings. The third-order valence-electron chi connectivity index (χ3n) is 9.10. The molecule has 1 aromatic rings. The van der Waals surface area contributed by atoms with Crippen molar-refractivity contribution in [2.45, 2.75) is 76.2 Å². The number of amides is 5. The fourth-order valence-electron chi connectivity index (χ4n) is 6.74. The maximum atomic E-state index is 13.9. The van der Waals surface area contributed by atoms with Gasteiger partial charge in [0.1, 0.15) is 6.54 Å². The molecule has 0 radical (unpaired) electrons. The van der Waals surface area contributed by atoms with Gasteiger partial charge in [-0.1, -0.05) is 25.0 Å². The number of nitrogens with zero attached hydrogens (tertiary/aromatic N) is 4. The Labute approximate surface area is 236 Å². The molecule has 5 rings (SSSR count). The van der Waals surface area contributed by atoms with Crippen LogP contribution in [0.1, 0.15) is 67.3 Å². The van der Waals surface area contributed by atoms with Crippen LogP contribution in [0.3, 0.4) is 0 Å². The van der Waals surface area contributed by atoms with Crippen LogP contribution < -0.4 is 0 Å². The maximum absolute atomic E-state index is 13.9. The zero-order chi connectivity index (χ0) is 28.2. The zero-order valence-electron chi connectivity index (χ0n) is 23.8. The number of ether oxygens (including phenoxy) is 2. The van der Waals surface area contributed by atoms with Gasteiger partial charge in [-0.15, -0.1) is 0 Å². The van der Waals surface area contributed by atoms with Crippen molar-refractivity contribution in [1.29, 1.82) is 0 Å². The second kappa shape index (κ2) is 12.7. The molecule has 1 aliphatic carbocycles. The summed E-state index contributed by atoms with van der Waals surface area (Å²) in [5.41, 5.74) is 1.36. The molecule has 10 heteroatoms. The standard InChI is InChI=1S/C30H42N4O6/c1-39-25-17-23-24(18-26(25)40-2)33(20-27(35)31-13-5-3-4-6-14-31)30(38)34(29(23)37)19-21-9-11-22(12-10-21)28(36)32-15-7-8-16-32/h9-12,23-26H,3-8,13-20H2,1-2H3. The lowest BCUT2D eigenvalue weighted by Crippen LogP contribution is -2.66. The highest BCUT2D eigenvalue weighted by Gasteiger charge is 2.52. The molecule has 5 amide bonds. The lowest BCUT2D eigenvalue weighted by Gasteiger charge is -2.49. The molecule has 0 bridgehead atoms. The molecular formula is C30H42N4O6. The highest BCUT2D eigenvalue weighted by atomic mass is 16.5. The number of rotatable bonds is 7. The molecule has 0 aromatic heterocycles. The first-order valence-electron chi connectivity index (χ1n) is 14.7. The molecule has 40 heavy (non-hydrogen) atoms. The molecule has 1 aromatic carbocycles. The van der Waals surface area contributed by atoms with Crippen molar-refractivity contribution in [2.24, 2.45) is 5.92 Å². The molecule has 0 N–H and O–H groups in total. The number of carbonyl (C=O) groups is 4. The van der Waals surface area contributed by atoms with Gasteiger partial charge in [0.05, 0.1) is 24.7 Å². The first-order valence-corrected chi connectivity index (χ1v) is 14.7. The van der Waals surface area contributed by atoms with Crippen LogP contribution in [0.5, 0.6) is 0 Å². The summed E-state index contributed by atoms with van der Waals surface area (Å²) in [5, 5.41) is 0. The summed E-state index contributed by atoms with van der Waals surface area (Å²) < 4.78 is 11.3. The number of imide groups is 1. The summed E-state index contributed by atoms with van der Waals surface area (Å²) in [7, 11) is 3.22. The largest absolute Gasteiger partial charge is 0.379 e. The second-order valence-corrected chi connectivity index (χ2v) is 11.5. The first kappa shape index (κ1) is 28.5. The van der Waals surface area contributed by atoms with Gasteiger partial charge in [0, 0.05) is 52.0 Å². The number of benzene rings is 1. The fourth-order valence-corrected chi connectivity index (χ4v) is 6.74. The Morgan fingerprint density at radius 2 is 1.38 bits per heavy atom. The van der Waals surface area contributed by atoms with E-state index in [9.17, 15) is 19.2 Å². The predicted molar refractivity (Wildman–Crippen MR) is 147 cm³/mol. The van der Waals surface area contributed by atoms with Gasteiger partial charge < -0.3 is 24.2 Å². The van der Waals surface area contributed by atoms with Crippen molar-refractivity contribution < 1.29 is 28.7 Å². The molecule has 218 valence electrons. The second-order valence-electron chi connectivity index (χ2n) is 11.5. The third-order valence-corrected chi connectivity index (χ3v) is 9.10. The molecular weight excluding hydrogens is 512 g/mol. The van der Waals surface area contributed by atoms with Crippen LogP contribution in [0.25, 0.3) is 0 Å². The number of carbonyl (C=O) groups excluding carboxylic acids is 4. The quantitative estimate of drug-likeness (QED) is 0.514. The summed E-state index contributed by atoms with van der Waals surface area (Å²) in [5.74, 6) is -0.795. The molecule has 3 aliphatic heterocycles.